The summed E-state index contributed by atoms with van der Waals surface area (Å²) in [6.45, 7) is -0.365. The van der Waals surface area contributed by atoms with Gasteiger partial charge in [0.25, 0.3) is 0 Å². The lowest BCUT2D eigenvalue weighted by molar-refractivity contribution is -0.122. The molecule has 1 fully saturated rings. The number of pyridine rings is 1. The van der Waals surface area contributed by atoms with Gasteiger partial charge in [-0.05, 0) is 60.2 Å². The van der Waals surface area contributed by atoms with Crippen LogP contribution in [0.25, 0.3) is 0 Å². The van der Waals surface area contributed by atoms with Crippen LogP contribution < -0.4 is 25.0 Å². The molecule has 4 heterocycles. The van der Waals surface area contributed by atoms with Gasteiger partial charge in [0.05, 0.1) is 28.6 Å². The van der Waals surface area contributed by atoms with Crippen molar-refractivity contribution in [3.05, 3.63) is 93.2 Å². The Bertz CT molecular complexity index is 1910. The average Bonchev–Trinajstić information content (AvgIpc) is 3.43. The number of nitrogens with one attached hydrogen (secondary N) is 1. The fourth-order valence-corrected chi connectivity index (χ4v) is 8.52. The van der Waals surface area contributed by atoms with E-state index in [2.05, 4.69) is 10.3 Å². The minimum atomic E-state index is -3.90. The molecule has 0 aliphatic carbocycles. The molecule has 0 saturated carbocycles. The van der Waals surface area contributed by atoms with Crippen molar-refractivity contribution in [3.8, 4) is 5.75 Å². The highest BCUT2D eigenvalue weighted by Crippen LogP contribution is 2.53. The Morgan fingerprint density at radius 2 is 1.77 bits per heavy atom. The molecule has 0 unspecified atom stereocenters. The predicted octanol–water partition coefficient (Wildman–Crippen LogP) is 2.40. The summed E-state index contributed by atoms with van der Waals surface area (Å²) in [6, 6.07) is 15.4. The van der Waals surface area contributed by atoms with Gasteiger partial charge in [0.1, 0.15) is 17.5 Å². The smallest absolute Gasteiger partial charge is 0.308 e. The molecular weight excluding hydrogens is 615 g/mol. The first-order valence-corrected chi connectivity index (χ1v) is 16.1. The van der Waals surface area contributed by atoms with E-state index in [1.807, 2.05) is 0 Å². The van der Waals surface area contributed by atoms with Crippen LogP contribution >= 0.6 is 23.1 Å². The van der Waals surface area contributed by atoms with Gasteiger partial charge in [-0.2, -0.15) is 0 Å². The van der Waals surface area contributed by atoms with Crippen molar-refractivity contribution in [3.63, 3.8) is 0 Å². The summed E-state index contributed by atoms with van der Waals surface area (Å²) in [4.78, 5) is 59.4. The average molecular weight is 638 g/mol. The van der Waals surface area contributed by atoms with Crippen molar-refractivity contribution in [2.24, 2.45) is 11.1 Å². The van der Waals surface area contributed by atoms with E-state index in [1.54, 1.807) is 48.8 Å². The van der Waals surface area contributed by atoms with Crippen LogP contribution in [-0.4, -0.2) is 48.1 Å². The molecule has 2 aromatic heterocycles. The molecule has 1 saturated heterocycles. The molecule has 12 nitrogen and oxygen atoms in total. The number of carbonyl (C=O) groups is 3. The number of carbonyl (C=O) groups excluding carboxylic acids is 3. The quantitative estimate of drug-likeness (QED) is 0.289. The van der Waals surface area contributed by atoms with Crippen LogP contribution in [0, 0.1) is 5.92 Å². The number of amides is 3. The highest BCUT2D eigenvalue weighted by Gasteiger charge is 2.56. The molecule has 43 heavy (non-hydrogen) atoms. The van der Waals surface area contributed by atoms with Gasteiger partial charge in [0.15, 0.2) is 0 Å². The molecule has 2 aliphatic rings. The molecule has 0 spiro atoms. The molecule has 4 aromatic rings. The minimum absolute atomic E-state index is 0.111. The maximum absolute atomic E-state index is 13.9. The number of fused-ring (bicyclic) bond motifs is 2. The standard InChI is InChI=1S/C28H23N5O7S3/c1-40-18-8-6-17(7-9-18)33-25(35)22-21(15-3-2-12-30-13-15)24-27(41-23(22)26(33)36)32(28(37)42-24)14-20(34)31-16-4-10-19(11-5-16)43(29,38)39/h2-13,21-23H,14H2,1H3,(H,31,34)(H2,29,38,39)/t21-,22-,23+/m0/s1. The second-order valence-electron chi connectivity index (χ2n) is 9.78. The zero-order valence-corrected chi connectivity index (χ0v) is 24.8. The lowest BCUT2D eigenvalue weighted by Crippen LogP contribution is -2.33. The minimum Gasteiger partial charge on any atom is -0.497 e. The zero-order chi connectivity index (χ0) is 30.5. The number of ether oxygens (including phenoxy) is 1. The number of hydrogen-bond acceptors (Lipinski definition) is 10. The SMILES string of the molecule is COc1ccc(N2C(=O)[C@H]3[C@H](c4cccnc4)c4sc(=O)n(CC(=O)Nc5ccc(S(N)(=O)=O)cc5)c4S[C@H]3C2=O)cc1. The van der Waals surface area contributed by atoms with E-state index in [4.69, 9.17) is 9.88 Å². The molecule has 2 aliphatic heterocycles. The molecular formula is C28H23N5O7S3. The van der Waals surface area contributed by atoms with Gasteiger partial charge in [-0.25, -0.2) is 18.5 Å². The number of nitrogens with two attached hydrogens (primary N) is 1. The first kappa shape index (κ1) is 28.8. The first-order chi connectivity index (χ1) is 20.6. The van der Waals surface area contributed by atoms with Crippen LogP contribution in [0.15, 0.2) is 87.8 Å². The van der Waals surface area contributed by atoms with Gasteiger partial charge in [0.2, 0.25) is 27.7 Å². The van der Waals surface area contributed by atoms with Gasteiger partial charge < -0.3 is 10.1 Å². The Hall–Kier alpha value is -4.31. The number of rotatable bonds is 7. The van der Waals surface area contributed by atoms with E-state index in [9.17, 15) is 27.6 Å². The molecule has 0 bridgehead atoms. The van der Waals surface area contributed by atoms with Gasteiger partial charge in [-0.1, -0.05) is 29.2 Å². The van der Waals surface area contributed by atoms with E-state index in [1.165, 1.54) is 40.8 Å². The van der Waals surface area contributed by atoms with E-state index >= 15 is 0 Å². The van der Waals surface area contributed by atoms with Crippen LogP contribution in [-0.2, 0) is 31.0 Å². The summed E-state index contributed by atoms with van der Waals surface area (Å²) >= 11 is 2.03. The number of hydrogen-bond donors (Lipinski definition) is 2. The van der Waals surface area contributed by atoms with Gasteiger partial charge in [-0.3, -0.25) is 28.7 Å². The van der Waals surface area contributed by atoms with Gasteiger partial charge >= 0.3 is 4.87 Å². The number of aromatic nitrogens is 2. The molecule has 3 amide bonds. The van der Waals surface area contributed by atoms with Crippen molar-refractivity contribution in [1.82, 2.24) is 9.55 Å². The fourth-order valence-electron chi connectivity index (χ4n) is 5.23. The molecule has 3 N–H and O–H groups in total. The number of nitrogens with zero attached hydrogens (tertiary/aromatic N) is 3. The highest BCUT2D eigenvalue weighted by atomic mass is 32.2. The number of imide groups is 1. The van der Waals surface area contributed by atoms with Crippen LogP contribution in [0.5, 0.6) is 5.75 Å². The maximum Gasteiger partial charge on any atom is 0.308 e. The lowest BCUT2D eigenvalue weighted by Gasteiger charge is -2.30. The Morgan fingerprint density at radius 1 is 1.05 bits per heavy atom. The van der Waals surface area contributed by atoms with E-state index in [-0.39, 0.29) is 17.3 Å². The number of anilines is 2. The molecule has 2 aromatic carbocycles. The van der Waals surface area contributed by atoms with E-state index in [0.29, 0.717) is 32.6 Å². The van der Waals surface area contributed by atoms with Crippen LogP contribution in [0.1, 0.15) is 16.4 Å². The van der Waals surface area contributed by atoms with Crippen molar-refractivity contribution in [1.29, 1.82) is 0 Å². The second kappa shape index (κ2) is 11.1. The number of benzene rings is 2. The Labute approximate surface area is 253 Å². The van der Waals surface area contributed by atoms with Gasteiger partial charge in [0, 0.05) is 28.9 Å². The summed E-state index contributed by atoms with van der Waals surface area (Å²) in [5.74, 6) is -2.21. The largest absolute Gasteiger partial charge is 0.497 e. The molecule has 6 rings (SSSR count). The van der Waals surface area contributed by atoms with Crippen LogP contribution in [0.2, 0.25) is 0 Å². The van der Waals surface area contributed by atoms with Crippen molar-refractivity contribution in [2.45, 2.75) is 27.6 Å². The monoisotopic (exact) mass is 637 g/mol. The maximum atomic E-state index is 13.9. The van der Waals surface area contributed by atoms with Crippen LogP contribution in [0.3, 0.4) is 0 Å². The summed E-state index contributed by atoms with van der Waals surface area (Å²) in [5.41, 5.74) is 1.39. The Morgan fingerprint density at radius 3 is 2.40 bits per heavy atom. The van der Waals surface area contributed by atoms with Crippen molar-refractivity contribution < 1.29 is 27.5 Å². The number of thiazole rings is 1. The fraction of sp³-hybridized carbons (Fsp3) is 0.179. The predicted molar refractivity (Wildman–Crippen MR) is 160 cm³/mol. The van der Waals surface area contributed by atoms with Gasteiger partial charge in [-0.15, -0.1) is 0 Å². The third-order valence-electron chi connectivity index (χ3n) is 7.19. The van der Waals surface area contributed by atoms with Crippen molar-refractivity contribution in [2.75, 3.05) is 17.3 Å². The molecule has 220 valence electrons. The van der Waals surface area contributed by atoms with E-state index < -0.39 is 43.8 Å². The second-order valence-corrected chi connectivity index (χ2v) is 13.5. The number of methoxy groups -OCH3 is 1. The van der Waals surface area contributed by atoms with E-state index in [0.717, 1.165) is 23.1 Å². The third kappa shape index (κ3) is 5.24. The molecule has 3 atom stereocenters. The third-order valence-corrected chi connectivity index (χ3v) is 10.7. The molecule has 0 radical (unpaired) electrons. The first-order valence-electron chi connectivity index (χ1n) is 12.8. The summed E-state index contributed by atoms with van der Waals surface area (Å²) in [5, 5.41) is 7.36. The van der Waals surface area contributed by atoms with Crippen LogP contribution in [0.4, 0.5) is 11.4 Å². The highest BCUT2D eigenvalue weighted by molar-refractivity contribution is 8.00. The molecule has 15 heteroatoms. The zero-order valence-electron chi connectivity index (χ0n) is 22.4. The van der Waals surface area contributed by atoms with Crippen molar-refractivity contribution >= 4 is 62.2 Å². The summed E-state index contributed by atoms with van der Waals surface area (Å²) in [6.07, 6.45) is 3.21. The number of sulfonamides is 1. The number of thioether (sulfide) groups is 1. The summed E-state index contributed by atoms with van der Waals surface area (Å²) in [7, 11) is -2.38. The lowest BCUT2D eigenvalue weighted by atomic mass is 9.84. The number of primary sulfonamides is 1. The Kier molecular flexibility index (Phi) is 7.41. The normalized spacial score (nSPS) is 19.6. The Balaban J connectivity index is 1.34. The topological polar surface area (TPSA) is 171 Å². The summed E-state index contributed by atoms with van der Waals surface area (Å²) < 4.78 is 29.6.